The maximum atomic E-state index is 11.4. The minimum atomic E-state index is -0.896. The summed E-state index contributed by atoms with van der Waals surface area (Å²) in [6.45, 7) is 6.83. The van der Waals surface area contributed by atoms with E-state index in [9.17, 15) is 9.90 Å². The van der Waals surface area contributed by atoms with Gasteiger partial charge in [-0.05, 0) is 32.4 Å². The van der Waals surface area contributed by atoms with Crippen LogP contribution >= 0.6 is 0 Å². The number of H-pyrrole nitrogens is 1. The van der Waals surface area contributed by atoms with Crippen molar-refractivity contribution < 1.29 is 14.6 Å². The van der Waals surface area contributed by atoms with Gasteiger partial charge in [0.25, 0.3) is 0 Å². The summed E-state index contributed by atoms with van der Waals surface area (Å²) in [7, 11) is 0. The molecule has 0 saturated carbocycles. The van der Waals surface area contributed by atoms with E-state index < -0.39 is 5.97 Å². The van der Waals surface area contributed by atoms with Gasteiger partial charge in [0.1, 0.15) is 5.56 Å². The number of hydrogen-bond donors (Lipinski definition) is 2. The predicted octanol–water partition coefficient (Wildman–Crippen LogP) is 1.36. The first-order valence-corrected chi connectivity index (χ1v) is 8.56. The second kappa shape index (κ2) is 7.90. The molecule has 1 aromatic rings. The fraction of sp³-hybridized carbons (Fsp3) is 0.750. The van der Waals surface area contributed by atoms with Gasteiger partial charge in [-0.15, -0.1) is 0 Å². The van der Waals surface area contributed by atoms with Crippen LogP contribution in [0.3, 0.4) is 0 Å². The standard InChI is InChI=1S/C16H26N4O3/c21-16(22)13-12-17-18-15(13)14-4-1-2-6-20(14)7-3-5-19-8-10-23-11-9-19/h12,14H,1-11H2,(H,17,18)(H,21,22). The van der Waals surface area contributed by atoms with Gasteiger partial charge in [0.15, 0.2) is 0 Å². The molecule has 1 aromatic heterocycles. The molecule has 2 fully saturated rings. The van der Waals surface area contributed by atoms with Crippen molar-refractivity contribution in [2.45, 2.75) is 31.7 Å². The molecule has 0 radical (unpaired) electrons. The normalized spacial score (nSPS) is 23.9. The third kappa shape index (κ3) is 4.10. The number of carboxylic acids is 1. The Morgan fingerprint density at radius 3 is 2.91 bits per heavy atom. The largest absolute Gasteiger partial charge is 0.478 e. The summed E-state index contributed by atoms with van der Waals surface area (Å²) in [5.41, 5.74) is 1.08. The Bertz CT molecular complexity index is 513. The third-order valence-corrected chi connectivity index (χ3v) is 4.87. The van der Waals surface area contributed by atoms with Gasteiger partial charge in [0, 0.05) is 19.6 Å². The molecular formula is C16H26N4O3. The Morgan fingerprint density at radius 1 is 1.30 bits per heavy atom. The van der Waals surface area contributed by atoms with Crippen LogP contribution in [0.5, 0.6) is 0 Å². The molecular weight excluding hydrogens is 296 g/mol. The van der Waals surface area contributed by atoms with Gasteiger partial charge in [-0.1, -0.05) is 6.42 Å². The van der Waals surface area contributed by atoms with Crippen LogP contribution in [-0.2, 0) is 4.74 Å². The quantitative estimate of drug-likeness (QED) is 0.823. The minimum absolute atomic E-state index is 0.155. The van der Waals surface area contributed by atoms with Crippen LogP contribution in [0.1, 0.15) is 47.8 Å². The lowest BCUT2D eigenvalue weighted by molar-refractivity contribution is 0.0344. The Morgan fingerprint density at radius 2 is 2.13 bits per heavy atom. The molecule has 0 aromatic carbocycles. The number of likely N-dealkylation sites (tertiary alicyclic amines) is 1. The Hall–Kier alpha value is -1.44. The summed E-state index contributed by atoms with van der Waals surface area (Å²) < 4.78 is 5.38. The average Bonchev–Trinajstić information content (AvgIpc) is 3.06. The molecule has 2 aliphatic heterocycles. The van der Waals surface area contributed by atoms with Crippen molar-refractivity contribution in [3.8, 4) is 0 Å². The SMILES string of the molecule is O=C(O)c1cn[nH]c1C1CCCCN1CCCN1CCOCC1. The van der Waals surface area contributed by atoms with Crippen molar-refractivity contribution in [2.75, 3.05) is 45.9 Å². The predicted molar refractivity (Wildman–Crippen MR) is 85.6 cm³/mol. The highest BCUT2D eigenvalue weighted by Gasteiger charge is 2.28. The summed E-state index contributed by atoms with van der Waals surface area (Å²) in [6, 6.07) is 0.155. The van der Waals surface area contributed by atoms with E-state index in [4.69, 9.17) is 4.74 Å². The summed E-state index contributed by atoms with van der Waals surface area (Å²) >= 11 is 0. The number of hydrogen-bond acceptors (Lipinski definition) is 5. The number of piperidine rings is 1. The lowest BCUT2D eigenvalue weighted by Crippen LogP contribution is -2.39. The lowest BCUT2D eigenvalue weighted by Gasteiger charge is -2.36. The molecule has 2 saturated heterocycles. The van der Waals surface area contributed by atoms with Crippen LogP contribution in [0.4, 0.5) is 0 Å². The molecule has 7 heteroatoms. The van der Waals surface area contributed by atoms with Gasteiger partial charge < -0.3 is 9.84 Å². The van der Waals surface area contributed by atoms with Crippen LogP contribution in [0, 0.1) is 0 Å². The van der Waals surface area contributed by atoms with Crippen molar-refractivity contribution in [2.24, 2.45) is 0 Å². The Labute approximate surface area is 136 Å². The highest BCUT2D eigenvalue weighted by molar-refractivity contribution is 5.88. The first-order chi connectivity index (χ1) is 11.3. The number of aromatic carboxylic acids is 1. The second-order valence-electron chi connectivity index (χ2n) is 6.36. The maximum Gasteiger partial charge on any atom is 0.339 e. The minimum Gasteiger partial charge on any atom is -0.478 e. The van der Waals surface area contributed by atoms with Crippen LogP contribution < -0.4 is 0 Å². The van der Waals surface area contributed by atoms with E-state index in [1.54, 1.807) is 0 Å². The molecule has 23 heavy (non-hydrogen) atoms. The molecule has 0 amide bonds. The van der Waals surface area contributed by atoms with Crippen molar-refractivity contribution in [3.05, 3.63) is 17.5 Å². The molecule has 0 aliphatic carbocycles. The van der Waals surface area contributed by atoms with Gasteiger partial charge in [-0.25, -0.2) is 4.79 Å². The lowest BCUT2D eigenvalue weighted by atomic mass is 9.97. The molecule has 3 rings (SSSR count). The van der Waals surface area contributed by atoms with Gasteiger partial charge in [0.05, 0.1) is 31.1 Å². The summed E-state index contributed by atoms with van der Waals surface area (Å²) in [4.78, 5) is 16.2. The summed E-state index contributed by atoms with van der Waals surface area (Å²) in [6.07, 6.45) is 5.86. The molecule has 3 heterocycles. The maximum absolute atomic E-state index is 11.4. The fourth-order valence-electron chi connectivity index (χ4n) is 3.63. The number of aromatic amines is 1. The molecule has 2 N–H and O–H groups in total. The number of morpholine rings is 1. The van der Waals surface area contributed by atoms with Gasteiger partial charge in [-0.3, -0.25) is 14.9 Å². The summed E-state index contributed by atoms with van der Waals surface area (Å²) in [5.74, 6) is -0.896. The molecule has 7 nitrogen and oxygen atoms in total. The monoisotopic (exact) mass is 322 g/mol. The number of aromatic nitrogens is 2. The highest BCUT2D eigenvalue weighted by Crippen LogP contribution is 2.31. The van der Waals surface area contributed by atoms with Crippen LogP contribution in [0.2, 0.25) is 0 Å². The first-order valence-electron chi connectivity index (χ1n) is 8.56. The second-order valence-corrected chi connectivity index (χ2v) is 6.36. The molecule has 2 aliphatic rings. The zero-order valence-electron chi connectivity index (χ0n) is 13.5. The van der Waals surface area contributed by atoms with E-state index in [-0.39, 0.29) is 6.04 Å². The van der Waals surface area contributed by atoms with E-state index in [2.05, 4.69) is 20.0 Å². The topological polar surface area (TPSA) is 81.7 Å². The van der Waals surface area contributed by atoms with E-state index >= 15 is 0 Å². The number of nitrogens with zero attached hydrogens (tertiary/aromatic N) is 3. The summed E-state index contributed by atoms with van der Waals surface area (Å²) in [5, 5.41) is 16.2. The van der Waals surface area contributed by atoms with Crippen molar-refractivity contribution in [1.29, 1.82) is 0 Å². The zero-order chi connectivity index (χ0) is 16.1. The van der Waals surface area contributed by atoms with Gasteiger partial charge in [0.2, 0.25) is 0 Å². The van der Waals surface area contributed by atoms with Crippen molar-refractivity contribution in [3.63, 3.8) is 0 Å². The van der Waals surface area contributed by atoms with Crippen molar-refractivity contribution in [1.82, 2.24) is 20.0 Å². The first kappa shape index (κ1) is 16.4. The zero-order valence-corrected chi connectivity index (χ0v) is 13.5. The number of carbonyl (C=O) groups is 1. The third-order valence-electron chi connectivity index (χ3n) is 4.87. The van der Waals surface area contributed by atoms with E-state index in [0.29, 0.717) is 5.56 Å². The molecule has 128 valence electrons. The number of nitrogens with one attached hydrogen (secondary N) is 1. The Balaban J connectivity index is 1.57. The fourth-order valence-corrected chi connectivity index (χ4v) is 3.63. The Kier molecular flexibility index (Phi) is 5.64. The van der Waals surface area contributed by atoms with E-state index in [0.717, 1.165) is 70.9 Å². The molecule has 0 bridgehead atoms. The number of carboxylic acid groups (broad SMARTS) is 1. The van der Waals surface area contributed by atoms with Gasteiger partial charge >= 0.3 is 5.97 Å². The number of rotatable bonds is 6. The van der Waals surface area contributed by atoms with Gasteiger partial charge in [-0.2, -0.15) is 5.10 Å². The van der Waals surface area contributed by atoms with Crippen LogP contribution in [0.15, 0.2) is 6.20 Å². The van der Waals surface area contributed by atoms with Crippen molar-refractivity contribution >= 4 is 5.97 Å². The molecule has 0 spiro atoms. The smallest absolute Gasteiger partial charge is 0.339 e. The van der Waals surface area contributed by atoms with E-state index in [1.165, 1.54) is 12.6 Å². The molecule has 1 unspecified atom stereocenters. The highest BCUT2D eigenvalue weighted by atomic mass is 16.5. The average molecular weight is 322 g/mol. The van der Waals surface area contributed by atoms with Crippen LogP contribution in [0.25, 0.3) is 0 Å². The van der Waals surface area contributed by atoms with Crippen LogP contribution in [-0.4, -0.2) is 77.0 Å². The number of ether oxygens (including phenoxy) is 1. The molecule has 1 atom stereocenters. The van der Waals surface area contributed by atoms with E-state index in [1.807, 2.05) is 0 Å².